The van der Waals surface area contributed by atoms with E-state index in [9.17, 15) is 14.4 Å². The summed E-state index contributed by atoms with van der Waals surface area (Å²) in [5.74, 6) is -0.685. The zero-order chi connectivity index (χ0) is 21.1. The van der Waals surface area contributed by atoms with Gasteiger partial charge in [0.25, 0.3) is 5.91 Å². The molecule has 7 heteroatoms. The number of aromatic amines is 1. The van der Waals surface area contributed by atoms with Crippen molar-refractivity contribution in [3.63, 3.8) is 0 Å². The highest BCUT2D eigenvalue weighted by Crippen LogP contribution is 2.25. The Morgan fingerprint density at radius 1 is 1.10 bits per heavy atom. The Labute approximate surface area is 172 Å². The fourth-order valence-electron chi connectivity index (χ4n) is 4.47. The average Bonchev–Trinajstić information content (AvgIpc) is 3.28. The lowest BCUT2D eigenvalue weighted by molar-refractivity contribution is -0.127. The van der Waals surface area contributed by atoms with E-state index < -0.39 is 5.97 Å². The summed E-state index contributed by atoms with van der Waals surface area (Å²) in [4.78, 5) is 43.0. The van der Waals surface area contributed by atoms with Gasteiger partial charge in [-0.1, -0.05) is 12.8 Å². The number of nitrogens with one attached hydrogen (secondary N) is 2. The van der Waals surface area contributed by atoms with Crippen molar-refractivity contribution < 1.29 is 19.1 Å². The Hall–Kier alpha value is -2.31. The first-order valence-corrected chi connectivity index (χ1v) is 10.8. The second-order valence-electron chi connectivity index (χ2n) is 8.66. The van der Waals surface area contributed by atoms with E-state index >= 15 is 0 Å². The van der Waals surface area contributed by atoms with Crippen LogP contribution in [-0.4, -0.2) is 52.9 Å². The third kappa shape index (κ3) is 4.82. The van der Waals surface area contributed by atoms with E-state index in [0.717, 1.165) is 25.7 Å². The van der Waals surface area contributed by atoms with Crippen LogP contribution in [0.25, 0.3) is 0 Å². The zero-order valence-corrected chi connectivity index (χ0v) is 18.0. The molecule has 2 aliphatic rings. The number of H-pyrrole nitrogens is 1. The molecule has 3 rings (SSSR count). The molecule has 1 aliphatic carbocycles. The van der Waals surface area contributed by atoms with Gasteiger partial charge in [0.2, 0.25) is 5.91 Å². The largest absolute Gasteiger partial charge is 0.459 e. The second kappa shape index (κ2) is 9.01. The predicted octanol–water partition coefficient (Wildman–Crippen LogP) is 3.11. The van der Waals surface area contributed by atoms with Crippen LogP contribution in [0.1, 0.15) is 84.5 Å². The normalized spacial score (nSPS) is 20.2. The Kier molecular flexibility index (Phi) is 6.65. The number of likely N-dealkylation sites (tertiary alicyclic amines) is 1. The molecule has 1 atom stereocenters. The zero-order valence-electron chi connectivity index (χ0n) is 18.0. The summed E-state index contributed by atoms with van der Waals surface area (Å²) in [5.41, 5.74) is 2.07. The van der Waals surface area contributed by atoms with Crippen molar-refractivity contribution in [1.82, 2.24) is 15.2 Å². The molecule has 1 saturated heterocycles. The van der Waals surface area contributed by atoms with Crippen molar-refractivity contribution in [2.24, 2.45) is 5.92 Å². The van der Waals surface area contributed by atoms with Crippen LogP contribution in [-0.2, 0) is 9.53 Å². The Balaban J connectivity index is 1.69. The summed E-state index contributed by atoms with van der Waals surface area (Å²) in [6.07, 6.45) is 5.83. The first-order chi connectivity index (χ1) is 13.8. The molecule has 0 bridgehead atoms. The number of hydrogen-bond donors (Lipinski definition) is 2. The van der Waals surface area contributed by atoms with Crippen LogP contribution < -0.4 is 5.32 Å². The number of ether oxygens (including phenoxy) is 1. The standard InChI is InChI=1S/C22H33N3O4/c1-13(2)29-22(28)18-14(3)19(23-15(18)4)21(27)25-11-7-8-16(12-25)20(26)24-17-9-5-6-10-17/h13,16-17,23H,5-12H2,1-4H3,(H,24,26). The number of carbonyl (C=O) groups excluding carboxylic acids is 3. The number of nitrogens with zero attached hydrogens (tertiary/aromatic N) is 1. The molecule has 1 aromatic heterocycles. The average molecular weight is 404 g/mol. The summed E-state index contributed by atoms with van der Waals surface area (Å²) in [5, 5.41) is 3.16. The molecular formula is C22H33N3O4. The van der Waals surface area contributed by atoms with E-state index in [1.54, 1.807) is 32.6 Å². The van der Waals surface area contributed by atoms with E-state index in [1.165, 1.54) is 12.8 Å². The maximum atomic E-state index is 13.2. The van der Waals surface area contributed by atoms with Gasteiger partial charge in [-0.25, -0.2) is 4.79 Å². The lowest BCUT2D eigenvalue weighted by Gasteiger charge is -2.32. The summed E-state index contributed by atoms with van der Waals surface area (Å²) < 4.78 is 5.31. The van der Waals surface area contributed by atoms with Crippen molar-refractivity contribution >= 4 is 17.8 Å². The molecule has 0 radical (unpaired) electrons. The lowest BCUT2D eigenvalue weighted by atomic mass is 9.96. The van der Waals surface area contributed by atoms with Gasteiger partial charge in [-0.3, -0.25) is 9.59 Å². The molecule has 1 saturated carbocycles. The molecular weight excluding hydrogens is 370 g/mol. The minimum absolute atomic E-state index is 0.0648. The van der Waals surface area contributed by atoms with Crippen molar-refractivity contribution in [2.75, 3.05) is 13.1 Å². The van der Waals surface area contributed by atoms with Crippen molar-refractivity contribution in [3.05, 3.63) is 22.5 Å². The van der Waals surface area contributed by atoms with Crippen LogP contribution in [0.2, 0.25) is 0 Å². The molecule has 1 unspecified atom stereocenters. The first-order valence-electron chi connectivity index (χ1n) is 10.8. The molecule has 2 N–H and O–H groups in total. The number of aromatic nitrogens is 1. The monoisotopic (exact) mass is 403 g/mol. The molecule has 2 fully saturated rings. The van der Waals surface area contributed by atoms with E-state index in [4.69, 9.17) is 4.74 Å². The SMILES string of the molecule is Cc1[nH]c(C(=O)N2CCCC(C(=O)NC3CCCC3)C2)c(C)c1C(=O)OC(C)C. The fourth-order valence-corrected chi connectivity index (χ4v) is 4.47. The summed E-state index contributed by atoms with van der Waals surface area (Å²) in [7, 11) is 0. The summed E-state index contributed by atoms with van der Waals surface area (Å²) in [6.45, 7) is 8.17. The van der Waals surface area contributed by atoms with Gasteiger partial charge in [0.15, 0.2) is 0 Å². The maximum Gasteiger partial charge on any atom is 0.340 e. The minimum Gasteiger partial charge on any atom is -0.459 e. The Morgan fingerprint density at radius 2 is 1.79 bits per heavy atom. The molecule has 7 nitrogen and oxygen atoms in total. The van der Waals surface area contributed by atoms with Gasteiger partial charge in [-0.05, 0) is 58.9 Å². The number of rotatable bonds is 5. The van der Waals surface area contributed by atoms with E-state index in [-0.39, 0.29) is 29.9 Å². The van der Waals surface area contributed by atoms with Gasteiger partial charge in [0.05, 0.1) is 17.6 Å². The van der Waals surface area contributed by atoms with Crippen LogP contribution in [0, 0.1) is 19.8 Å². The smallest absolute Gasteiger partial charge is 0.340 e. The molecule has 29 heavy (non-hydrogen) atoms. The molecule has 1 aliphatic heterocycles. The van der Waals surface area contributed by atoms with Crippen molar-refractivity contribution in [2.45, 2.75) is 78.4 Å². The van der Waals surface area contributed by atoms with E-state index in [1.807, 2.05) is 0 Å². The third-order valence-corrected chi connectivity index (χ3v) is 5.98. The van der Waals surface area contributed by atoms with Crippen molar-refractivity contribution in [1.29, 1.82) is 0 Å². The minimum atomic E-state index is -0.419. The van der Waals surface area contributed by atoms with Crippen LogP contribution in [0.5, 0.6) is 0 Å². The number of amides is 2. The Bertz CT molecular complexity index is 777. The fraction of sp³-hybridized carbons (Fsp3) is 0.682. The van der Waals surface area contributed by atoms with Gasteiger partial charge < -0.3 is 19.9 Å². The van der Waals surface area contributed by atoms with Gasteiger partial charge in [0.1, 0.15) is 5.69 Å². The highest BCUT2D eigenvalue weighted by Gasteiger charge is 2.32. The van der Waals surface area contributed by atoms with E-state index in [0.29, 0.717) is 35.6 Å². The number of hydrogen-bond acceptors (Lipinski definition) is 4. The quantitative estimate of drug-likeness (QED) is 0.739. The van der Waals surface area contributed by atoms with Gasteiger partial charge in [0, 0.05) is 24.8 Å². The van der Waals surface area contributed by atoms with Crippen LogP contribution >= 0.6 is 0 Å². The van der Waals surface area contributed by atoms with Crippen molar-refractivity contribution in [3.8, 4) is 0 Å². The maximum absolute atomic E-state index is 13.2. The number of esters is 1. The molecule has 2 amide bonds. The predicted molar refractivity (Wildman–Crippen MR) is 110 cm³/mol. The van der Waals surface area contributed by atoms with Crippen LogP contribution in [0.15, 0.2) is 0 Å². The third-order valence-electron chi connectivity index (χ3n) is 5.98. The Morgan fingerprint density at radius 3 is 2.45 bits per heavy atom. The summed E-state index contributed by atoms with van der Waals surface area (Å²) >= 11 is 0. The molecule has 1 aromatic rings. The molecule has 2 heterocycles. The molecule has 0 spiro atoms. The summed E-state index contributed by atoms with van der Waals surface area (Å²) in [6, 6.07) is 0.288. The van der Waals surface area contributed by atoms with Gasteiger partial charge in [-0.2, -0.15) is 0 Å². The number of carbonyl (C=O) groups is 3. The first kappa shape index (κ1) is 21.4. The van der Waals surface area contributed by atoms with Crippen LogP contribution in [0.4, 0.5) is 0 Å². The topological polar surface area (TPSA) is 91.5 Å². The van der Waals surface area contributed by atoms with Gasteiger partial charge in [-0.15, -0.1) is 0 Å². The molecule has 160 valence electrons. The second-order valence-corrected chi connectivity index (χ2v) is 8.66. The number of aryl methyl sites for hydroxylation is 1. The van der Waals surface area contributed by atoms with Gasteiger partial charge >= 0.3 is 5.97 Å². The van der Waals surface area contributed by atoms with Crippen LogP contribution in [0.3, 0.4) is 0 Å². The number of piperidine rings is 1. The highest BCUT2D eigenvalue weighted by molar-refractivity contribution is 6.00. The van der Waals surface area contributed by atoms with E-state index in [2.05, 4.69) is 10.3 Å². The highest BCUT2D eigenvalue weighted by atomic mass is 16.5. The molecule has 0 aromatic carbocycles. The lowest BCUT2D eigenvalue weighted by Crippen LogP contribution is -2.47.